The van der Waals surface area contributed by atoms with E-state index in [1.807, 2.05) is 11.8 Å². The lowest BCUT2D eigenvalue weighted by atomic mass is 9.89. The first-order valence-electron chi connectivity index (χ1n) is 5.92. The molecule has 88 valence electrons. The average molecular weight is 236 g/mol. The van der Waals surface area contributed by atoms with E-state index in [-0.39, 0.29) is 10.9 Å². The highest BCUT2D eigenvalue weighted by Gasteiger charge is 2.38. The van der Waals surface area contributed by atoms with E-state index in [2.05, 4.69) is 39.0 Å². The molecule has 0 radical (unpaired) electrons. The molecule has 1 aromatic carbocycles. The molecule has 2 atom stereocenters. The molecule has 2 rings (SSSR count). The topological polar surface area (TPSA) is 20.2 Å². The third kappa shape index (κ3) is 2.14. The third-order valence-corrected chi connectivity index (χ3v) is 5.14. The van der Waals surface area contributed by atoms with Gasteiger partial charge in [0.1, 0.15) is 0 Å². The molecule has 1 aliphatic rings. The van der Waals surface area contributed by atoms with E-state index in [9.17, 15) is 5.11 Å². The Morgan fingerprint density at radius 2 is 2.12 bits per heavy atom. The quantitative estimate of drug-likeness (QED) is 0.846. The number of benzene rings is 1. The molecule has 0 aliphatic carbocycles. The van der Waals surface area contributed by atoms with E-state index < -0.39 is 0 Å². The predicted octanol–water partition coefficient (Wildman–Crippen LogP) is 3.62. The van der Waals surface area contributed by atoms with Crippen molar-refractivity contribution in [1.29, 1.82) is 0 Å². The molecule has 1 nitrogen and oxygen atoms in total. The summed E-state index contributed by atoms with van der Waals surface area (Å²) in [5, 5.41) is 10.6. The van der Waals surface area contributed by atoms with Gasteiger partial charge < -0.3 is 5.11 Å². The molecule has 2 heteroatoms. The van der Waals surface area contributed by atoms with E-state index in [0.717, 1.165) is 12.0 Å². The number of rotatable bonds is 2. The minimum Gasteiger partial charge on any atom is -0.387 e. The summed E-state index contributed by atoms with van der Waals surface area (Å²) in [5.74, 6) is 1.18. The molecule has 1 heterocycles. The van der Waals surface area contributed by atoms with Gasteiger partial charge in [0.05, 0.1) is 6.10 Å². The summed E-state index contributed by atoms with van der Waals surface area (Å²) in [5.41, 5.74) is 3.54. The SMILES string of the molecule is Cc1ccc(C)c(C(O)C2(C)CCCS2)c1. The number of thioether (sulfide) groups is 1. The summed E-state index contributed by atoms with van der Waals surface area (Å²) in [6.45, 7) is 6.36. The fourth-order valence-corrected chi connectivity index (χ4v) is 3.73. The molecule has 1 aromatic rings. The fraction of sp³-hybridized carbons (Fsp3) is 0.571. The molecular weight excluding hydrogens is 216 g/mol. The van der Waals surface area contributed by atoms with Crippen molar-refractivity contribution in [2.75, 3.05) is 5.75 Å². The number of hydrogen-bond acceptors (Lipinski definition) is 2. The second kappa shape index (κ2) is 4.42. The van der Waals surface area contributed by atoms with Crippen LogP contribution in [-0.2, 0) is 0 Å². The molecule has 0 aromatic heterocycles. The summed E-state index contributed by atoms with van der Waals surface area (Å²) in [6, 6.07) is 6.34. The van der Waals surface area contributed by atoms with E-state index in [1.165, 1.54) is 23.3 Å². The number of aliphatic hydroxyl groups excluding tert-OH is 1. The third-order valence-electron chi connectivity index (χ3n) is 3.56. The maximum Gasteiger partial charge on any atom is 0.0936 e. The van der Waals surface area contributed by atoms with Gasteiger partial charge >= 0.3 is 0 Å². The van der Waals surface area contributed by atoms with Gasteiger partial charge in [-0.05, 0) is 50.5 Å². The van der Waals surface area contributed by atoms with Crippen molar-refractivity contribution in [3.63, 3.8) is 0 Å². The van der Waals surface area contributed by atoms with Crippen LogP contribution in [-0.4, -0.2) is 15.6 Å². The van der Waals surface area contributed by atoms with Gasteiger partial charge in [0.2, 0.25) is 0 Å². The molecule has 0 saturated carbocycles. The van der Waals surface area contributed by atoms with E-state index in [4.69, 9.17) is 0 Å². The molecule has 2 unspecified atom stereocenters. The van der Waals surface area contributed by atoms with Gasteiger partial charge in [0.25, 0.3) is 0 Å². The monoisotopic (exact) mass is 236 g/mol. The minimum absolute atomic E-state index is 0.0125. The molecule has 0 spiro atoms. The standard InChI is InChI=1S/C14H20OS/c1-10-5-6-11(2)12(9-10)13(15)14(3)7-4-8-16-14/h5-6,9,13,15H,4,7-8H2,1-3H3. The number of hydrogen-bond donors (Lipinski definition) is 1. The fourth-order valence-electron chi connectivity index (χ4n) is 2.40. The highest BCUT2D eigenvalue weighted by molar-refractivity contribution is 8.00. The molecule has 1 saturated heterocycles. The zero-order valence-corrected chi connectivity index (χ0v) is 11.1. The molecule has 0 bridgehead atoms. The van der Waals surface area contributed by atoms with Gasteiger partial charge in [0.15, 0.2) is 0 Å². The van der Waals surface area contributed by atoms with Gasteiger partial charge in [-0.2, -0.15) is 11.8 Å². The van der Waals surface area contributed by atoms with Crippen molar-refractivity contribution < 1.29 is 5.11 Å². The zero-order valence-electron chi connectivity index (χ0n) is 10.3. The van der Waals surface area contributed by atoms with Gasteiger partial charge in [0, 0.05) is 4.75 Å². The Morgan fingerprint density at radius 1 is 1.38 bits per heavy atom. The van der Waals surface area contributed by atoms with Crippen LogP contribution in [0, 0.1) is 13.8 Å². The van der Waals surface area contributed by atoms with Crippen molar-refractivity contribution in [3.05, 3.63) is 34.9 Å². The van der Waals surface area contributed by atoms with Crippen LogP contribution in [0.1, 0.15) is 42.6 Å². The van der Waals surface area contributed by atoms with Crippen LogP contribution in [0.2, 0.25) is 0 Å². The predicted molar refractivity (Wildman–Crippen MR) is 71.0 cm³/mol. The average Bonchev–Trinajstić information content (AvgIpc) is 2.69. The summed E-state index contributed by atoms with van der Waals surface area (Å²) < 4.78 is 0.0125. The highest BCUT2D eigenvalue weighted by atomic mass is 32.2. The van der Waals surface area contributed by atoms with Crippen LogP contribution < -0.4 is 0 Å². The number of aryl methyl sites for hydroxylation is 2. The van der Waals surface area contributed by atoms with E-state index >= 15 is 0 Å². The normalized spacial score (nSPS) is 27.0. The van der Waals surface area contributed by atoms with Crippen LogP contribution >= 0.6 is 11.8 Å². The molecule has 1 fully saturated rings. The smallest absolute Gasteiger partial charge is 0.0936 e. The Labute approximate surface area is 102 Å². The molecule has 1 aliphatic heterocycles. The first kappa shape index (κ1) is 12.0. The van der Waals surface area contributed by atoms with Crippen molar-refractivity contribution in [1.82, 2.24) is 0 Å². The van der Waals surface area contributed by atoms with E-state index in [1.54, 1.807) is 0 Å². The first-order chi connectivity index (χ1) is 7.53. The van der Waals surface area contributed by atoms with Gasteiger partial charge in [-0.25, -0.2) is 0 Å². The summed E-state index contributed by atoms with van der Waals surface area (Å²) >= 11 is 1.91. The largest absolute Gasteiger partial charge is 0.387 e. The lowest BCUT2D eigenvalue weighted by Gasteiger charge is -2.30. The summed E-state index contributed by atoms with van der Waals surface area (Å²) in [6.07, 6.45) is 2.01. The first-order valence-corrected chi connectivity index (χ1v) is 6.91. The highest BCUT2D eigenvalue weighted by Crippen LogP contribution is 2.47. The van der Waals surface area contributed by atoms with Gasteiger partial charge in [-0.15, -0.1) is 0 Å². The van der Waals surface area contributed by atoms with Crippen LogP contribution in [0.4, 0.5) is 0 Å². The van der Waals surface area contributed by atoms with Crippen LogP contribution in [0.25, 0.3) is 0 Å². The second-order valence-electron chi connectivity index (χ2n) is 5.03. The van der Waals surface area contributed by atoms with E-state index in [0.29, 0.717) is 0 Å². The minimum atomic E-state index is -0.333. The van der Waals surface area contributed by atoms with Crippen molar-refractivity contribution in [2.24, 2.45) is 0 Å². The van der Waals surface area contributed by atoms with Crippen molar-refractivity contribution in [2.45, 2.75) is 44.5 Å². The van der Waals surface area contributed by atoms with Crippen LogP contribution in [0.3, 0.4) is 0 Å². The Balaban J connectivity index is 2.32. The second-order valence-corrected chi connectivity index (χ2v) is 6.66. The maximum absolute atomic E-state index is 10.6. The van der Waals surface area contributed by atoms with Crippen molar-refractivity contribution >= 4 is 11.8 Å². The van der Waals surface area contributed by atoms with Crippen molar-refractivity contribution in [3.8, 4) is 0 Å². The Hall–Kier alpha value is -0.470. The summed E-state index contributed by atoms with van der Waals surface area (Å²) in [4.78, 5) is 0. The Morgan fingerprint density at radius 3 is 2.75 bits per heavy atom. The molecule has 0 amide bonds. The Kier molecular flexibility index (Phi) is 3.32. The Bertz CT molecular complexity index is 380. The lowest BCUT2D eigenvalue weighted by Crippen LogP contribution is -2.26. The van der Waals surface area contributed by atoms with Gasteiger partial charge in [-0.3, -0.25) is 0 Å². The van der Waals surface area contributed by atoms with Crippen LogP contribution in [0.15, 0.2) is 18.2 Å². The zero-order chi connectivity index (χ0) is 11.8. The molecular formula is C14H20OS. The summed E-state index contributed by atoms with van der Waals surface area (Å²) in [7, 11) is 0. The van der Waals surface area contributed by atoms with Gasteiger partial charge in [-0.1, -0.05) is 23.8 Å². The molecule has 1 N–H and O–H groups in total. The number of aliphatic hydroxyl groups is 1. The lowest BCUT2D eigenvalue weighted by molar-refractivity contribution is 0.134. The molecule has 16 heavy (non-hydrogen) atoms. The van der Waals surface area contributed by atoms with Crippen LogP contribution in [0.5, 0.6) is 0 Å². The maximum atomic E-state index is 10.6.